The Kier molecular flexibility index (Phi) is 7.98. The fraction of sp³-hybridized carbons (Fsp3) is 0.488. The molecule has 5 fully saturated rings. The summed E-state index contributed by atoms with van der Waals surface area (Å²) >= 11 is 0. The maximum absolute atomic E-state index is 17.8. The van der Waals surface area contributed by atoms with E-state index >= 15 is 8.78 Å². The second-order valence-electron chi connectivity index (χ2n) is 16.1. The van der Waals surface area contributed by atoms with Crippen molar-refractivity contribution in [1.82, 2.24) is 29.5 Å². The van der Waals surface area contributed by atoms with E-state index in [4.69, 9.17) is 31.0 Å². The molecule has 3 aromatic carbocycles. The van der Waals surface area contributed by atoms with Gasteiger partial charge in [-0.15, -0.1) is 6.42 Å². The number of aromatic nitrogens is 4. The molecule has 1 unspecified atom stereocenters. The Bertz CT molecular complexity index is 2360. The Balaban J connectivity index is 1.17. The molecule has 54 heavy (non-hydrogen) atoms. The van der Waals surface area contributed by atoms with Crippen LogP contribution in [0.1, 0.15) is 44.1 Å². The van der Waals surface area contributed by atoms with Gasteiger partial charge in [0.2, 0.25) is 0 Å². The average molecular weight is 738 g/mol. The van der Waals surface area contributed by atoms with Gasteiger partial charge in [0.1, 0.15) is 41.2 Å². The first-order chi connectivity index (χ1) is 26.2. The molecule has 5 aromatic rings. The van der Waals surface area contributed by atoms with Crippen molar-refractivity contribution in [2.24, 2.45) is 13.0 Å². The molecular formula is C41H42F3N7O3. The minimum absolute atomic E-state index is 0.0233. The molecule has 10 nitrogen and oxygen atoms in total. The van der Waals surface area contributed by atoms with Gasteiger partial charge >= 0.3 is 6.01 Å². The number of anilines is 1. The van der Waals surface area contributed by atoms with Gasteiger partial charge in [0.05, 0.1) is 23.1 Å². The molecule has 1 N–H and O–H groups in total. The highest BCUT2D eigenvalue weighted by molar-refractivity contribution is 6.18. The number of aryl methyl sites for hydroxylation is 1. The first-order valence-corrected chi connectivity index (χ1v) is 19.1. The molecular weight excluding hydrogens is 695 g/mol. The normalized spacial score (nSPS) is 27.1. The van der Waals surface area contributed by atoms with E-state index in [1.54, 1.807) is 11.7 Å². The van der Waals surface area contributed by atoms with E-state index in [0.717, 1.165) is 71.5 Å². The molecule has 0 saturated carbocycles. The van der Waals surface area contributed by atoms with Crippen LogP contribution in [0, 0.1) is 29.9 Å². The van der Waals surface area contributed by atoms with Gasteiger partial charge in [-0.05, 0) is 73.7 Å². The summed E-state index contributed by atoms with van der Waals surface area (Å²) in [5, 5.41) is 17.5. The van der Waals surface area contributed by atoms with E-state index in [1.807, 2.05) is 6.20 Å². The van der Waals surface area contributed by atoms with Crippen molar-refractivity contribution in [3.63, 3.8) is 0 Å². The van der Waals surface area contributed by atoms with Crippen LogP contribution < -0.4 is 9.64 Å². The molecule has 280 valence electrons. The molecule has 0 amide bonds. The number of benzene rings is 3. The lowest BCUT2D eigenvalue weighted by Gasteiger charge is -2.43. The van der Waals surface area contributed by atoms with Crippen molar-refractivity contribution in [2.75, 3.05) is 57.4 Å². The molecule has 7 heterocycles. The number of rotatable bonds is 7. The van der Waals surface area contributed by atoms with E-state index in [0.29, 0.717) is 46.4 Å². The molecule has 2 bridgehead atoms. The molecule has 0 spiro atoms. The van der Waals surface area contributed by atoms with E-state index < -0.39 is 23.3 Å². The maximum Gasteiger partial charge on any atom is 0.319 e. The minimum Gasteiger partial charge on any atom is -0.508 e. The van der Waals surface area contributed by atoms with Crippen LogP contribution in [-0.4, -0.2) is 111 Å². The molecule has 5 aliphatic rings. The highest BCUT2D eigenvalue weighted by Gasteiger charge is 2.50. The summed E-state index contributed by atoms with van der Waals surface area (Å²) in [4.78, 5) is 17.0. The predicted molar refractivity (Wildman–Crippen MR) is 199 cm³/mol. The Morgan fingerprint density at radius 2 is 1.91 bits per heavy atom. The lowest BCUT2D eigenvalue weighted by Crippen LogP contribution is -2.55. The van der Waals surface area contributed by atoms with Crippen molar-refractivity contribution in [2.45, 2.75) is 62.3 Å². The Labute approximate surface area is 310 Å². The van der Waals surface area contributed by atoms with Gasteiger partial charge in [0.25, 0.3) is 0 Å². The molecule has 2 aromatic heterocycles. The van der Waals surface area contributed by atoms with E-state index in [2.05, 4.69) is 20.6 Å². The van der Waals surface area contributed by atoms with Crippen molar-refractivity contribution < 1.29 is 27.8 Å². The van der Waals surface area contributed by atoms with Gasteiger partial charge in [-0.2, -0.15) is 15.1 Å². The Hall–Kier alpha value is -4.64. The van der Waals surface area contributed by atoms with Crippen molar-refractivity contribution in [1.29, 1.82) is 0 Å². The second kappa shape index (κ2) is 12.7. The number of halogens is 3. The van der Waals surface area contributed by atoms with Gasteiger partial charge < -0.3 is 19.5 Å². The highest BCUT2D eigenvalue weighted by Crippen LogP contribution is 2.47. The number of terminal acetylenes is 1. The van der Waals surface area contributed by atoms with Crippen LogP contribution in [0.2, 0.25) is 0 Å². The van der Waals surface area contributed by atoms with Crippen molar-refractivity contribution in [3.8, 4) is 35.2 Å². The number of piperazine rings is 1. The number of hydrogen-bond donors (Lipinski definition) is 1. The molecule has 5 saturated heterocycles. The summed E-state index contributed by atoms with van der Waals surface area (Å²) < 4.78 is 61.6. The zero-order chi connectivity index (χ0) is 36.9. The number of aromatic hydroxyl groups is 1. The standard InChI is InChI=1S/C41H42F3N7O3/c1-3-29-32(43)8-5-24-13-28(52)14-30(33(24)29)34-36(44)38-35(31-20-48(2)47-37(31)34)39(46-40(45-38)54-22-41-10-4-11-50(41)17-25(42)15-41)51-26-6-7-27(51)19-49(18-26)16-23-9-12-53-21-23/h1,5,8,13-14,20,23,25-27,52H,4,6-7,9-12,15-19,21-22H2,2H3/t23?,25-,26-,27+,41+/m1/s1. The zero-order valence-corrected chi connectivity index (χ0v) is 30.2. The predicted octanol–water partition coefficient (Wildman–Crippen LogP) is 5.95. The highest BCUT2D eigenvalue weighted by atomic mass is 19.1. The van der Waals surface area contributed by atoms with Crippen LogP contribution in [0.5, 0.6) is 11.8 Å². The lowest BCUT2D eigenvalue weighted by atomic mass is 9.91. The van der Waals surface area contributed by atoms with Crippen LogP contribution in [0.25, 0.3) is 43.7 Å². The first-order valence-electron chi connectivity index (χ1n) is 19.1. The van der Waals surface area contributed by atoms with Gasteiger partial charge in [0.15, 0.2) is 5.82 Å². The Morgan fingerprint density at radius 3 is 2.69 bits per heavy atom. The molecule has 13 heteroatoms. The fourth-order valence-electron chi connectivity index (χ4n) is 10.4. The number of likely N-dealkylation sites (tertiary alicyclic amines) is 1. The summed E-state index contributed by atoms with van der Waals surface area (Å²) in [5.41, 5.74) is 0.0851. The maximum atomic E-state index is 17.8. The molecule has 5 aliphatic heterocycles. The van der Waals surface area contributed by atoms with E-state index in [1.165, 1.54) is 24.3 Å². The third kappa shape index (κ3) is 5.32. The summed E-state index contributed by atoms with van der Waals surface area (Å²) in [7, 11) is 1.76. The third-order valence-corrected chi connectivity index (χ3v) is 12.7. The van der Waals surface area contributed by atoms with E-state index in [-0.39, 0.29) is 58.0 Å². The Morgan fingerprint density at radius 1 is 1.07 bits per heavy atom. The first kappa shape index (κ1) is 33.9. The topological polar surface area (TPSA) is 92.0 Å². The summed E-state index contributed by atoms with van der Waals surface area (Å²) in [6.07, 6.45) is 11.9. The van der Waals surface area contributed by atoms with Crippen molar-refractivity contribution >= 4 is 38.4 Å². The summed E-state index contributed by atoms with van der Waals surface area (Å²) in [6.45, 7) is 5.65. The van der Waals surface area contributed by atoms with E-state index in [9.17, 15) is 9.50 Å². The fourth-order valence-corrected chi connectivity index (χ4v) is 10.4. The number of hydrogen-bond acceptors (Lipinski definition) is 9. The number of phenolic OH excluding ortho intramolecular Hbond substituents is 1. The quantitative estimate of drug-likeness (QED) is 0.204. The summed E-state index contributed by atoms with van der Waals surface area (Å²) in [6, 6.07) is 5.93. The van der Waals surface area contributed by atoms with Crippen LogP contribution in [0.3, 0.4) is 0 Å². The van der Waals surface area contributed by atoms with Gasteiger partial charge in [0, 0.05) is 80.9 Å². The largest absolute Gasteiger partial charge is 0.508 e. The zero-order valence-electron chi connectivity index (χ0n) is 30.2. The third-order valence-electron chi connectivity index (χ3n) is 12.7. The van der Waals surface area contributed by atoms with Gasteiger partial charge in [-0.3, -0.25) is 14.5 Å². The second-order valence-corrected chi connectivity index (χ2v) is 16.1. The number of ether oxygens (including phenoxy) is 2. The van der Waals surface area contributed by atoms with Crippen molar-refractivity contribution in [3.05, 3.63) is 47.7 Å². The van der Waals surface area contributed by atoms with Gasteiger partial charge in [-0.1, -0.05) is 12.0 Å². The van der Waals surface area contributed by atoms with Crippen LogP contribution >= 0.6 is 0 Å². The number of alkyl halides is 1. The molecule has 0 radical (unpaired) electrons. The smallest absolute Gasteiger partial charge is 0.319 e. The number of phenols is 1. The van der Waals surface area contributed by atoms with Crippen LogP contribution in [0.15, 0.2) is 30.5 Å². The molecule has 5 atom stereocenters. The van der Waals surface area contributed by atoms with Gasteiger partial charge in [-0.25, -0.2) is 13.2 Å². The summed E-state index contributed by atoms with van der Waals surface area (Å²) in [5.74, 6) is 2.08. The average Bonchev–Trinajstić information content (AvgIpc) is 3.97. The minimum atomic E-state index is -0.932. The lowest BCUT2D eigenvalue weighted by molar-refractivity contribution is 0.107. The van der Waals surface area contributed by atoms with Crippen LogP contribution in [0.4, 0.5) is 19.0 Å². The molecule has 10 rings (SSSR count). The molecule has 0 aliphatic carbocycles. The SMILES string of the molecule is C#Cc1c(F)ccc2cc(O)cc(-c3c(F)c4nc(OC[C@@]56CCCN5C[C@H](F)C6)nc(N5[C@@H]6CC[C@H]5CN(CC5CCOC5)C6)c4c4cn(C)nc34)c12. The monoisotopic (exact) mass is 737 g/mol. The number of fused-ring (bicyclic) bond motifs is 7. The van der Waals surface area contributed by atoms with Crippen LogP contribution in [-0.2, 0) is 11.8 Å². The number of nitrogens with zero attached hydrogens (tertiary/aromatic N) is 7.